The average molecular weight is 214 g/mol. The van der Waals surface area contributed by atoms with E-state index < -0.39 is 0 Å². The normalized spacial score (nSPS) is 27.2. The summed E-state index contributed by atoms with van der Waals surface area (Å²) in [6.45, 7) is 2.21. The zero-order valence-electron chi connectivity index (χ0n) is 10.2. The molecule has 2 unspecified atom stereocenters. The van der Waals surface area contributed by atoms with Crippen molar-refractivity contribution in [2.45, 2.75) is 50.7 Å². The lowest BCUT2D eigenvalue weighted by Crippen LogP contribution is -2.42. The van der Waals surface area contributed by atoms with Crippen LogP contribution in [0.25, 0.3) is 0 Å². The lowest BCUT2D eigenvalue weighted by Gasteiger charge is -2.28. The molecule has 0 radical (unpaired) electrons. The van der Waals surface area contributed by atoms with Crippen LogP contribution < -0.4 is 5.32 Å². The molecule has 0 heterocycles. The van der Waals surface area contributed by atoms with Crippen molar-refractivity contribution >= 4 is 0 Å². The fraction of sp³-hybridized carbons (Fsp3) is 1.00. The van der Waals surface area contributed by atoms with E-state index in [4.69, 9.17) is 0 Å². The zero-order chi connectivity index (χ0) is 11.1. The molecule has 0 spiro atoms. The molecule has 1 rings (SSSR count). The molecular formula is C12H26N2O. The highest BCUT2D eigenvalue weighted by Gasteiger charge is 2.21. The van der Waals surface area contributed by atoms with Gasteiger partial charge in [-0.1, -0.05) is 12.8 Å². The maximum atomic E-state index is 9.74. The van der Waals surface area contributed by atoms with Crippen LogP contribution in [0.15, 0.2) is 0 Å². The van der Waals surface area contributed by atoms with Crippen molar-refractivity contribution < 1.29 is 5.11 Å². The van der Waals surface area contributed by atoms with Gasteiger partial charge in [0.1, 0.15) is 0 Å². The first-order chi connectivity index (χ1) is 7.20. The molecule has 1 aliphatic carbocycles. The van der Waals surface area contributed by atoms with E-state index in [1.165, 1.54) is 25.7 Å². The summed E-state index contributed by atoms with van der Waals surface area (Å²) in [5.74, 6) is 0. The molecule has 0 bridgehead atoms. The highest BCUT2D eigenvalue weighted by Crippen LogP contribution is 2.18. The monoisotopic (exact) mass is 214 g/mol. The van der Waals surface area contributed by atoms with Gasteiger partial charge in [-0.05, 0) is 52.9 Å². The Morgan fingerprint density at radius 3 is 2.60 bits per heavy atom. The summed E-state index contributed by atoms with van der Waals surface area (Å²) in [7, 11) is 4.22. The first-order valence-electron chi connectivity index (χ1n) is 6.26. The maximum Gasteiger partial charge on any atom is 0.0693 e. The minimum atomic E-state index is -0.104. The molecule has 1 fully saturated rings. The number of rotatable bonds is 6. The average Bonchev–Trinajstić information content (AvgIpc) is 2.20. The third kappa shape index (κ3) is 5.50. The van der Waals surface area contributed by atoms with Gasteiger partial charge < -0.3 is 15.3 Å². The van der Waals surface area contributed by atoms with Gasteiger partial charge >= 0.3 is 0 Å². The summed E-state index contributed by atoms with van der Waals surface area (Å²) >= 11 is 0. The van der Waals surface area contributed by atoms with Crippen LogP contribution in [-0.4, -0.2) is 49.3 Å². The van der Waals surface area contributed by atoms with E-state index in [1.54, 1.807) is 0 Å². The van der Waals surface area contributed by atoms with Crippen LogP contribution in [0.2, 0.25) is 0 Å². The molecule has 0 aromatic heterocycles. The second kappa shape index (κ2) is 7.20. The third-order valence-electron chi connectivity index (χ3n) is 3.17. The Morgan fingerprint density at radius 2 is 1.93 bits per heavy atom. The summed E-state index contributed by atoms with van der Waals surface area (Å²) < 4.78 is 0. The second-order valence-electron chi connectivity index (χ2n) is 4.92. The molecule has 2 N–H and O–H groups in total. The minimum Gasteiger partial charge on any atom is -0.392 e. The molecule has 3 heteroatoms. The van der Waals surface area contributed by atoms with Crippen LogP contribution in [0.4, 0.5) is 0 Å². The molecular weight excluding hydrogens is 188 g/mol. The van der Waals surface area contributed by atoms with Crippen LogP contribution in [0.1, 0.15) is 38.5 Å². The van der Waals surface area contributed by atoms with Gasteiger partial charge in [-0.3, -0.25) is 0 Å². The molecule has 0 aromatic carbocycles. The summed E-state index contributed by atoms with van der Waals surface area (Å²) in [5.41, 5.74) is 0. The summed E-state index contributed by atoms with van der Waals surface area (Å²) in [5, 5.41) is 13.2. The molecule has 1 saturated carbocycles. The van der Waals surface area contributed by atoms with Crippen LogP contribution in [0.5, 0.6) is 0 Å². The van der Waals surface area contributed by atoms with Crippen molar-refractivity contribution in [3.05, 3.63) is 0 Å². The number of hydrogen-bond acceptors (Lipinski definition) is 3. The first-order valence-corrected chi connectivity index (χ1v) is 6.26. The fourth-order valence-corrected chi connectivity index (χ4v) is 2.19. The molecule has 3 nitrogen and oxygen atoms in total. The van der Waals surface area contributed by atoms with E-state index in [9.17, 15) is 5.11 Å². The standard InChI is InChI=1S/C12H26N2O/c1-14(2)10-6-5-9-13-11-7-3-4-8-12(11)15/h11-13,15H,3-10H2,1-2H3. The molecule has 0 aliphatic heterocycles. The van der Waals surface area contributed by atoms with Crippen molar-refractivity contribution in [2.75, 3.05) is 27.2 Å². The topological polar surface area (TPSA) is 35.5 Å². The molecule has 0 saturated heterocycles. The van der Waals surface area contributed by atoms with E-state index in [0.717, 1.165) is 25.9 Å². The maximum absolute atomic E-state index is 9.74. The van der Waals surface area contributed by atoms with Gasteiger partial charge in [-0.25, -0.2) is 0 Å². The Balaban J connectivity index is 1.99. The lowest BCUT2D eigenvalue weighted by atomic mass is 9.92. The Morgan fingerprint density at radius 1 is 1.20 bits per heavy atom. The highest BCUT2D eigenvalue weighted by atomic mass is 16.3. The quantitative estimate of drug-likeness (QED) is 0.653. The molecule has 90 valence electrons. The third-order valence-corrected chi connectivity index (χ3v) is 3.17. The molecule has 0 amide bonds. The van der Waals surface area contributed by atoms with Crippen LogP contribution in [-0.2, 0) is 0 Å². The van der Waals surface area contributed by atoms with E-state index in [1.807, 2.05) is 0 Å². The van der Waals surface area contributed by atoms with Crippen LogP contribution >= 0.6 is 0 Å². The van der Waals surface area contributed by atoms with Crippen molar-refractivity contribution in [2.24, 2.45) is 0 Å². The van der Waals surface area contributed by atoms with Gasteiger partial charge in [-0.15, -0.1) is 0 Å². The number of nitrogens with one attached hydrogen (secondary N) is 1. The van der Waals surface area contributed by atoms with Gasteiger partial charge in [-0.2, -0.15) is 0 Å². The smallest absolute Gasteiger partial charge is 0.0693 e. The van der Waals surface area contributed by atoms with Crippen molar-refractivity contribution in [1.82, 2.24) is 10.2 Å². The van der Waals surface area contributed by atoms with Crippen molar-refractivity contribution in [3.63, 3.8) is 0 Å². The molecule has 1 aliphatic rings. The van der Waals surface area contributed by atoms with E-state index >= 15 is 0 Å². The first kappa shape index (κ1) is 12.9. The summed E-state index contributed by atoms with van der Waals surface area (Å²) in [4.78, 5) is 2.22. The highest BCUT2D eigenvalue weighted by molar-refractivity contribution is 4.79. The number of aliphatic hydroxyl groups excluding tert-OH is 1. The molecule has 0 aromatic rings. The fourth-order valence-electron chi connectivity index (χ4n) is 2.19. The van der Waals surface area contributed by atoms with E-state index in [2.05, 4.69) is 24.3 Å². The minimum absolute atomic E-state index is 0.104. The van der Waals surface area contributed by atoms with E-state index in [-0.39, 0.29) is 6.10 Å². The van der Waals surface area contributed by atoms with Crippen molar-refractivity contribution in [3.8, 4) is 0 Å². The molecule has 15 heavy (non-hydrogen) atoms. The van der Waals surface area contributed by atoms with Gasteiger partial charge in [0.05, 0.1) is 6.10 Å². The number of unbranched alkanes of at least 4 members (excludes halogenated alkanes) is 1. The zero-order valence-corrected chi connectivity index (χ0v) is 10.2. The SMILES string of the molecule is CN(C)CCCCNC1CCCCC1O. The Labute approximate surface area is 93.9 Å². The van der Waals surface area contributed by atoms with Gasteiger partial charge in [0.25, 0.3) is 0 Å². The number of nitrogens with zero attached hydrogens (tertiary/aromatic N) is 1. The Hall–Kier alpha value is -0.120. The lowest BCUT2D eigenvalue weighted by molar-refractivity contribution is 0.0909. The van der Waals surface area contributed by atoms with Crippen molar-refractivity contribution in [1.29, 1.82) is 0 Å². The number of aliphatic hydroxyl groups is 1. The van der Waals surface area contributed by atoms with Gasteiger partial charge in [0, 0.05) is 6.04 Å². The summed E-state index contributed by atoms with van der Waals surface area (Å²) in [6, 6.07) is 0.359. The molecule has 2 atom stereocenters. The largest absolute Gasteiger partial charge is 0.392 e. The Bertz CT molecular complexity index is 162. The summed E-state index contributed by atoms with van der Waals surface area (Å²) in [6.07, 6.45) is 6.94. The second-order valence-corrected chi connectivity index (χ2v) is 4.92. The number of hydrogen-bond donors (Lipinski definition) is 2. The van der Waals surface area contributed by atoms with Crippen LogP contribution in [0, 0.1) is 0 Å². The Kier molecular flexibility index (Phi) is 6.22. The predicted molar refractivity (Wildman–Crippen MR) is 64.1 cm³/mol. The van der Waals surface area contributed by atoms with Gasteiger partial charge in [0.2, 0.25) is 0 Å². The predicted octanol–water partition coefficient (Wildman–Crippen LogP) is 1.22. The van der Waals surface area contributed by atoms with Gasteiger partial charge in [0.15, 0.2) is 0 Å². The van der Waals surface area contributed by atoms with E-state index in [0.29, 0.717) is 6.04 Å². The van der Waals surface area contributed by atoms with Crippen LogP contribution in [0.3, 0.4) is 0 Å².